The molecule has 0 spiro atoms. The van der Waals surface area contributed by atoms with Gasteiger partial charge in [0.2, 0.25) is 10.0 Å². The monoisotopic (exact) mass is 388 g/mol. The fourth-order valence-electron chi connectivity index (χ4n) is 3.09. The smallest absolute Gasteiger partial charge is 0.330 e. The molecule has 1 aliphatic rings. The first-order chi connectivity index (χ1) is 11.8. The Kier molecular flexibility index (Phi) is 5.81. The molecule has 1 aromatic heterocycles. The van der Waals surface area contributed by atoms with Gasteiger partial charge < -0.3 is 9.30 Å². The summed E-state index contributed by atoms with van der Waals surface area (Å²) in [5.41, 5.74) is -1.89. The summed E-state index contributed by atoms with van der Waals surface area (Å²) in [4.78, 5) is 25.7. The zero-order valence-electron chi connectivity index (χ0n) is 16.1. The van der Waals surface area contributed by atoms with Gasteiger partial charge in [0.1, 0.15) is 0 Å². The van der Waals surface area contributed by atoms with E-state index in [1.54, 1.807) is 0 Å². The lowest BCUT2D eigenvalue weighted by atomic mass is 10.0. The molecule has 2 rings (SSSR count). The van der Waals surface area contributed by atoms with E-state index in [2.05, 4.69) is 9.62 Å². The van der Waals surface area contributed by atoms with E-state index in [1.807, 2.05) is 27.7 Å². The molecule has 0 aliphatic carbocycles. The van der Waals surface area contributed by atoms with Gasteiger partial charge >= 0.3 is 5.69 Å². The molecule has 9 nitrogen and oxygen atoms in total. The van der Waals surface area contributed by atoms with Crippen LogP contribution in [-0.4, -0.2) is 59.8 Å². The molecular formula is C16H28N4O5S. The first-order valence-corrected chi connectivity index (χ1v) is 10.0. The highest BCUT2D eigenvalue weighted by molar-refractivity contribution is 7.89. The topological polar surface area (TPSA) is 103 Å². The van der Waals surface area contributed by atoms with E-state index in [-0.39, 0.29) is 18.8 Å². The molecule has 148 valence electrons. The Bertz CT molecular complexity index is 877. The predicted octanol–water partition coefficient (Wildman–Crippen LogP) is -0.750. The maximum atomic E-state index is 12.6. The van der Waals surface area contributed by atoms with Crippen molar-refractivity contribution in [2.24, 2.45) is 14.1 Å². The number of aromatic nitrogens is 2. The molecule has 2 unspecified atom stereocenters. The minimum atomic E-state index is -4.05. The van der Waals surface area contributed by atoms with Crippen LogP contribution in [-0.2, 0) is 28.9 Å². The Balaban J connectivity index is 2.23. The van der Waals surface area contributed by atoms with Crippen molar-refractivity contribution in [1.29, 1.82) is 0 Å². The van der Waals surface area contributed by atoms with Crippen molar-refractivity contribution in [2.75, 3.05) is 19.6 Å². The fourth-order valence-corrected chi connectivity index (χ4v) is 4.46. The number of sulfonamides is 1. The molecule has 2 atom stereocenters. The molecule has 1 aliphatic heterocycles. The number of morpholine rings is 1. The Labute approximate surface area is 153 Å². The molecule has 0 saturated carbocycles. The van der Waals surface area contributed by atoms with Crippen LogP contribution < -0.4 is 16.0 Å². The summed E-state index contributed by atoms with van der Waals surface area (Å²) in [7, 11) is -1.39. The van der Waals surface area contributed by atoms with Gasteiger partial charge in [-0.2, -0.15) is 0 Å². The van der Waals surface area contributed by atoms with Crippen molar-refractivity contribution in [3.05, 3.63) is 27.0 Å². The Morgan fingerprint density at radius 3 is 2.27 bits per heavy atom. The molecule has 2 heterocycles. The van der Waals surface area contributed by atoms with Crippen molar-refractivity contribution in [1.82, 2.24) is 18.8 Å². The zero-order chi connectivity index (χ0) is 19.9. The van der Waals surface area contributed by atoms with Gasteiger partial charge in [-0.3, -0.25) is 14.3 Å². The first-order valence-electron chi connectivity index (χ1n) is 8.52. The quantitative estimate of drug-likeness (QED) is 0.712. The van der Waals surface area contributed by atoms with Crippen molar-refractivity contribution in [2.45, 2.75) is 50.3 Å². The van der Waals surface area contributed by atoms with Gasteiger partial charge in [0, 0.05) is 45.5 Å². The largest absolute Gasteiger partial charge is 0.373 e. The highest BCUT2D eigenvalue weighted by Crippen LogP contribution is 2.21. The van der Waals surface area contributed by atoms with Crippen LogP contribution in [0, 0.1) is 0 Å². The number of nitrogens with zero attached hydrogens (tertiary/aromatic N) is 3. The van der Waals surface area contributed by atoms with Gasteiger partial charge in [-0.1, -0.05) is 0 Å². The normalized spacial score (nSPS) is 22.5. The van der Waals surface area contributed by atoms with Gasteiger partial charge in [0.25, 0.3) is 5.56 Å². The summed E-state index contributed by atoms with van der Waals surface area (Å²) >= 11 is 0. The van der Waals surface area contributed by atoms with E-state index in [1.165, 1.54) is 14.1 Å². The summed E-state index contributed by atoms with van der Waals surface area (Å²) < 4.78 is 35.4. The summed E-state index contributed by atoms with van der Waals surface area (Å²) in [6, 6.07) is 0. The minimum Gasteiger partial charge on any atom is -0.373 e. The number of ether oxygens (including phenoxy) is 1. The van der Waals surface area contributed by atoms with E-state index in [4.69, 9.17) is 4.74 Å². The number of nitrogens with one attached hydrogen (secondary N) is 1. The Morgan fingerprint density at radius 1 is 1.19 bits per heavy atom. The van der Waals surface area contributed by atoms with Crippen LogP contribution in [0.15, 0.2) is 20.7 Å². The molecule has 1 saturated heterocycles. The molecule has 1 aromatic rings. The molecule has 26 heavy (non-hydrogen) atoms. The van der Waals surface area contributed by atoms with Crippen LogP contribution in [0.4, 0.5) is 0 Å². The maximum absolute atomic E-state index is 12.6. The molecule has 10 heteroatoms. The van der Waals surface area contributed by atoms with Gasteiger partial charge in [-0.15, -0.1) is 0 Å². The number of aryl methyl sites for hydroxylation is 1. The number of rotatable bonds is 5. The molecule has 1 fully saturated rings. The molecule has 1 N–H and O–H groups in total. The van der Waals surface area contributed by atoms with Crippen LogP contribution in [0.2, 0.25) is 0 Å². The lowest BCUT2D eigenvalue weighted by Crippen LogP contribution is -2.58. The van der Waals surface area contributed by atoms with E-state index in [9.17, 15) is 18.0 Å². The molecule has 0 bridgehead atoms. The first kappa shape index (κ1) is 20.8. The molecule has 0 amide bonds. The maximum Gasteiger partial charge on any atom is 0.330 e. The van der Waals surface area contributed by atoms with Crippen LogP contribution in [0.3, 0.4) is 0 Å². The molecular weight excluding hydrogens is 360 g/mol. The highest BCUT2D eigenvalue weighted by atomic mass is 32.2. The van der Waals surface area contributed by atoms with Crippen molar-refractivity contribution < 1.29 is 13.2 Å². The van der Waals surface area contributed by atoms with Crippen LogP contribution in [0.1, 0.15) is 27.7 Å². The van der Waals surface area contributed by atoms with Crippen LogP contribution in [0.25, 0.3) is 0 Å². The summed E-state index contributed by atoms with van der Waals surface area (Å²) in [6.45, 7) is 9.37. The third-order valence-corrected chi connectivity index (χ3v) is 6.06. The van der Waals surface area contributed by atoms with E-state index >= 15 is 0 Å². The zero-order valence-corrected chi connectivity index (χ0v) is 17.0. The van der Waals surface area contributed by atoms with Crippen molar-refractivity contribution >= 4 is 10.0 Å². The SMILES string of the molecule is CC1CN(C(C)(C)CNS(=O)(=O)c2cn(C)c(=O)n(C)c2=O)CC(C)O1. The summed E-state index contributed by atoms with van der Waals surface area (Å²) in [6.07, 6.45) is 1.18. The van der Waals surface area contributed by atoms with E-state index in [0.29, 0.717) is 13.1 Å². The second-order valence-electron chi connectivity index (χ2n) is 7.55. The van der Waals surface area contributed by atoms with Crippen molar-refractivity contribution in [3.63, 3.8) is 0 Å². The third-order valence-electron chi connectivity index (χ3n) is 4.67. The standard InChI is InChI=1S/C16H28N4O5S/c1-11-7-20(8-12(2)25-11)16(3,4)10-17-26(23,24)13-9-18(5)15(22)19(6)14(13)21/h9,11-12,17H,7-8,10H2,1-6H3. The van der Waals surface area contributed by atoms with Crippen LogP contribution >= 0.6 is 0 Å². The van der Waals surface area contributed by atoms with Gasteiger partial charge in [-0.05, 0) is 27.7 Å². The van der Waals surface area contributed by atoms with Gasteiger partial charge in [-0.25, -0.2) is 17.9 Å². The average molecular weight is 388 g/mol. The van der Waals surface area contributed by atoms with Crippen LogP contribution in [0.5, 0.6) is 0 Å². The average Bonchev–Trinajstić information content (AvgIpc) is 2.53. The molecule has 0 radical (unpaired) electrons. The Hall–Kier alpha value is -1.49. The summed E-state index contributed by atoms with van der Waals surface area (Å²) in [5.74, 6) is 0. The van der Waals surface area contributed by atoms with E-state index in [0.717, 1.165) is 15.3 Å². The number of hydrogen-bond donors (Lipinski definition) is 1. The lowest BCUT2D eigenvalue weighted by molar-refractivity contribution is -0.0945. The van der Waals surface area contributed by atoms with Crippen molar-refractivity contribution in [3.8, 4) is 0 Å². The highest BCUT2D eigenvalue weighted by Gasteiger charge is 2.34. The summed E-state index contributed by atoms with van der Waals surface area (Å²) in [5, 5.41) is 0. The van der Waals surface area contributed by atoms with Gasteiger partial charge in [0.05, 0.1) is 12.2 Å². The molecule has 0 aromatic carbocycles. The lowest BCUT2D eigenvalue weighted by Gasteiger charge is -2.45. The Morgan fingerprint density at radius 2 is 1.73 bits per heavy atom. The minimum absolute atomic E-state index is 0.0607. The number of hydrogen-bond acceptors (Lipinski definition) is 6. The van der Waals surface area contributed by atoms with Gasteiger partial charge in [0.15, 0.2) is 4.90 Å². The van der Waals surface area contributed by atoms with E-state index < -0.39 is 31.7 Å². The predicted molar refractivity (Wildman–Crippen MR) is 97.8 cm³/mol. The third kappa shape index (κ3) is 4.25. The fraction of sp³-hybridized carbons (Fsp3) is 0.750. The second kappa shape index (κ2) is 7.26. The second-order valence-corrected chi connectivity index (χ2v) is 9.29.